The Hall–Kier alpha value is -1.76. The number of ether oxygens (including phenoxy) is 1. The lowest BCUT2D eigenvalue weighted by molar-refractivity contribution is -0.131. The number of benzene rings is 2. The summed E-state index contributed by atoms with van der Waals surface area (Å²) in [4.78, 5) is 26.3. The van der Waals surface area contributed by atoms with Gasteiger partial charge in [0, 0.05) is 4.47 Å². The van der Waals surface area contributed by atoms with Gasteiger partial charge in [0.1, 0.15) is 17.9 Å². The van der Waals surface area contributed by atoms with Crippen molar-refractivity contribution in [3.63, 3.8) is 0 Å². The quantitative estimate of drug-likeness (QED) is 0.667. The highest BCUT2D eigenvalue weighted by Gasteiger charge is 2.48. The highest BCUT2D eigenvalue weighted by atomic mass is 79.9. The van der Waals surface area contributed by atoms with E-state index in [0.717, 1.165) is 9.37 Å². The number of carbonyl (C=O) groups excluding carboxylic acids is 2. The molecule has 1 atom stereocenters. The third-order valence-corrected chi connectivity index (χ3v) is 5.38. The number of carbonyl (C=O) groups is 2. The molecule has 0 aromatic heterocycles. The second-order valence-electron chi connectivity index (χ2n) is 5.95. The smallest absolute Gasteiger partial charge is 0.325 e. The molecule has 8 heteroatoms. The number of nitrogens with zero attached hydrogens (tertiary/aromatic N) is 1. The first-order valence-electron chi connectivity index (χ1n) is 7.79. The SMILES string of the molecule is CC1(c2ccc(Cl)c(Cl)c2)NC(=O)N(CCOc2cccc(Br)c2)C1=O. The minimum Gasteiger partial charge on any atom is -0.492 e. The Bertz CT molecular complexity index is 877. The van der Waals surface area contributed by atoms with Gasteiger partial charge in [0.05, 0.1) is 16.6 Å². The predicted molar refractivity (Wildman–Crippen MR) is 104 cm³/mol. The number of hydrogen-bond acceptors (Lipinski definition) is 3. The molecule has 3 rings (SSSR count). The molecule has 2 aromatic carbocycles. The molecule has 3 amide bonds. The molecule has 0 bridgehead atoms. The summed E-state index contributed by atoms with van der Waals surface area (Å²) >= 11 is 15.3. The van der Waals surface area contributed by atoms with Crippen molar-refractivity contribution in [1.29, 1.82) is 0 Å². The monoisotopic (exact) mass is 456 g/mol. The van der Waals surface area contributed by atoms with Crippen molar-refractivity contribution < 1.29 is 14.3 Å². The Labute approximate surface area is 169 Å². The van der Waals surface area contributed by atoms with Crippen LogP contribution in [-0.4, -0.2) is 30.0 Å². The van der Waals surface area contributed by atoms with Crippen LogP contribution in [0, 0.1) is 0 Å². The number of imide groups is 1. The van der Waals surface area contributed by atoms with Crippen LogP contribution >= 0.6 is 39.1 Å². The van der Waals surface area contributed by atoms with Crippen molar-refractivity contribution in [2.45, 2.75) is 12.5 Å². The molecule has 1 aliphatic heterocycles. The topological polar surface area (TPSA) is 58.6 Å². The van der Waals surface area contributed by atoms with Gasteiger partial charge in [-0.25, -0.2) is 4.79 Å². The fourth-order valence-electron chi connectivity index (χ4n) is 2.71. The van der Waals surface area contributed by atoms with Crippen LogP contribution in [0.1, 0.15) is 12.5 Å². The third kappa shape index (κ3) is 3.68. The first kappa shape index (κ1) is 19.0. The molecule has 1 unspecified atom stereocenters. The zero-order valence-corrected chi connectivity index (χ0v) is 16.9. The Morgan fingerprint density at radius 1 is 1.15 bits per heavy atom. The lowest BCUT2D eigenvalue weighted by atomic mass is 9.92. The van der Waals surface area contributed by atoms with E-state index in [4.69, 9.17) is 27.9 Å². The maximum Gasteiger partial charge on any atom is 0.325 e. The van der Waals surface area contributed by atoms with Gasteiger partial charge < -0.3 is 10.1 Å². The number of halogens is 3. The van der Waals surface area contributed by atoms with E-state index in [9.17, 15) is 9.59 Å². The molecule has 0 saturated carbocycles. The number of hydrogen-bond donors (Lipinski definition) is 1. The first-order valence-corrected chi connectivity index (χ1v) is 9.34. The fourth-order valence-corrected chi connectivity index (χ4v) is 3.39. The van der Waals surface area contributed by atoms with Crippen LogP contribution in [0.4, 0.5) is 4.79 Å². The summed E-state index contributed by atoms with van der Waals surface area (Å²) in [6.45, 7) is 1.96. The van der Waals surface area contributed by atoms with E-state index in [1.54, 1.807) is 31.2 Å². The van der Waals surface area contributed by atoms with Gasteiger partial charge in [0.2, 0.25) is 0 Å². The van der Waals surface area contributed by atoms with Crippen LogP contribution in [0.2, 0.25) is 10.0 Å². The summed E-state index contributed by atoms with van der Waals surface area (Å²) in [5.74, 6) is 0.289. The molecule has 1 heterocycles. The molecule has 0 spiro atoms. The molecule has 1 N–H and O–H groups in total. The largest absolute Gasteiger partial charge is 0.492 e. The molecule has 0 radical (unpaired) electrons. The zero-order chi connectivity index (χ0) is 18.9. The number of rotatable bonds is 5. The Balaban J connectivity index is 1.71. The van der Waals surface area contributed by atoms with E-state index in [1.807, 2.05) is 18.2 Å². The van der Waals surface area contributed by atoms with Gasteiger partial charge in [-0.05, 0) is 42.8 Å². The maximum atomic E-state index is 12.8. The van der Waals surface area contributed by atoms with Crippen LogP contribution in [-0.2, 0) is 10.3 Å². The summed E-state index contributed by atoms with van der Waals surface area (Å²) in [6, 6.07) is 11.7. The van der Waals surface area contributed by atoms with Gasteiger partial charge in [-0.3, -0.25) is 9.69 Å². The lowest BCUT2D eigenvalue weighted by Crippen LogP contribution is -2.41. The van der Waals surface area contributed by atoms with Crippen LogP contribution in [0.5, 0.6) is 5.75 Å². The zero-order valence-electron chi connectivity index (χ0n) is 13.8. The predicted octanol–water partition coefficient (Wildman–Crippen LogP) is 4.60. The van der Waals surface area contributed by atoms with Crippen LogP contribution in [0.25, 0.3) is 0 Å². The average molecular weight is 458 g/mol. The standard InChI is InChI=1S/C18H15BrCl2N2O3/c1-18(11-5-6-14(20)15(21)9-11)16(24)23(17(25)22-18)7-8-26-13-4-2-3-12(19)10-13/h2-6,9-10H,7-8H2,1H3,(H,22,25). The van der Waals surface area contributed by atoms with E-state index in [0.29, 0.717) is 21.4 Å². The highest BCUT2D eigenvalue weighted by Crippen LogP contribution is 2.33. The molecule has 2 aromatic rings. The number of urea groups is 1. The Morgan fingerprint density at radius 2 is 1.92 bits per heavy atom. The van der Waals surface area contributed by atoms with Crippen molar-refractivity contribution in [1.82, 2.24) is 10.2 Å². The average Bonchev–Trinajstić information content (AvgIpc) is 2.81. The van der Waals surface area contributed by atoms with Gasteiger partial charge in [-0.15, -0.1) is 0 Å². The van der Waals surface area contributed by atoms with Crippen molar-refractivity contribution in [3.05, 3.63) is 62.5 Å². The molecule has 5 nitrogen and oxygen atoms in total. The van der Waals surface area contributed by atoms with Gasteiger partial charge >= 0.3 is 6.03 Å². The van der Waals surface area contributed by atoms with Crippen LogP contribution in [0.15, 0.2) is 46.9 Å². The molecule has 1 saturated heterocycles. The van der Waals surface area contributed by atoms with E-state index >= 15 is 0 Å². The summed E-state index contributed by atoms with van der Waals surface area (Å²) in [5, 5.41) is 3.43. The van der Waals surface area contributed by atoms with E-state index in [2.05, 4.69) is 21.2 Å². The molecule has 26 heavy (non-hydrogen) atoms. The van der Waals surface area contributed by atoms with Gasteiger partial charge in [0.25, 0.3) is 5.91 Å². The normalized spacial score (nSPS) is 19.6. The van der Waals surface area contributed by atoms with E-state index in [-0.39, 0.29) is 19.1 Å². The fraction of sp³-hybridized carbons (Fsp3) is 0.222. The van der Waals surface area contributed by atoms with Gasteiger partial charge in [0.15, 0.2) is 0 Å². The van der Waals surface area contributed by atoms with Crippen molar-refractivity contribution >= 4 is 51.1 Å². The molecule has 1 aliphatic rings. The van der Waals surface area contributed by atoms with Gasteiger partial charge in [-0.2, -0.15) is 0 Å². The summed E-state index contributed by atoms with van der Waals surface area (Å²) in [6.07, 6.45) is 0. The van der Waals surface area contributed by atoms with E-state index < -0.39 is 11.6 Å². The molecular formula is C18H15BrCl2N2O3. The third-order valence-electron chi connectivity index (χ3n) is 4.15. The number of amides is 3. The summed E-state index contributed by atoms with van der Waals surface area (Å²) in [7, 11) is 0. The minimum absolute atomic E-state index is 0.133. The van der Waals surface area contributed by atoms with Crippen molar-refractivity contribution in [3.8, 4) is 5.75 Å². The van der Waals surface area contributed by atoms with Crippen molar-refractivity contribution in [2.75, 3.05) is 13.2 Å². The second-order valence-corrected chi connectivity index (χ2v) is 7.68. The first-order chi connectivity index (χ1) is 12.3. The van der Waals surface area contributed by atoms with Crippen LogP contribution in [0.3, 0.4) is 0 Å². The van der Waals surface area contributed by atoms with E-state index in [1.165, 1.54) is 0 Å². The van der Waals surface area contributed by atoms with Gasteiger partial charge in [-0.1, -0.05) is 51.3 Å². The number of nitrogens with one attached hydrogen (secondary N) is 1. The lowest BCUT2D eigenvalue weighted by Gasteiger charge is -2.22. The molecular weight excluding hydrogens is 443 g/mol. The molecule has 0 aliphatic carbocycles. The summed E-state index contributed by atoms with van der Waals surface area (Å²) < 4.78 is 6.50. The molecule has 136 valence electrons. The van der Waals surface area contributed by atoms with Crippen LogP contribution < -0.4 is 10.1 Å². The Morgan fingerprint density at radius 3 is 2.62 bits per heavy atom. The summed E-state index contributed by atoms with van der Waals surface area (Å²) in [5.41, 5.74) is -0.623. The maximum absolute atomic E-state index is 12.8. The highest BCUT2D eigenvalue weighted by molar-refractivity contribution is 9.10. The second kappa shape index (κ2) is 7.47. The molecule has 1 fully saturated rings. The Kier molecular flexibility index (Phi) is 5.46. The minimum atomic E-state index is -1.19. The van der Waals surface area contributed by atoms with Crippen molar-refractivity contribution in [2.24, 2.45) is 0 Å².